The number of aliphatic hydroxyl groups excluding tert-OH is 1. The molecule has 0 amide bonds. The van der Waals surface area contributed by atoms with Gasteiger partial charge in [-0.1, -0.05) is 6.07 Å². The zero-order valence-electron chi connectivity index (χ0n) is 11.1. The van der Waals surface area contributed by atoms with Crippen LogP contribution in [0, 0.1) is 0 Å². The van der Waals surface area contributed by atoms with Crippen LogP contribution in [0.5, 0.6) is 5.75 Å². The topological polar surface area (TPSA) is 58.7 Å². The van der Waals surface area contributed by atoms with Crippen LogP contribution in [0.1, 0.15) is 31.9 Å². The molecule has 0 saturated carbocycles. The van der Waals surface area contributed by atoms with Crippen molar-refractivity contribution >= 4 is 5.69 Å². The summed E-state index contributed by atoms with van der Waals surface area (Å²) in [5.41, 5.74) is 7.47. The minimum absolute atomic E-state index is 0.426. The Morgan fingerprint density at radius 1 is 1.44 bits per heavy atom. The van der Waals surface area contributed by atoms with Crippen LogP contribution >= 0.6 is 0 Å². The predicted molar refractivity (Wildman–Crippen MR) is 73.1 cm³/mol. The highest BCUT2D eigenvalue weighted by Crippen LogP contribution is 2.35. The second kappa shape index (κ2) is 5.59. The van der Waals surface area contributed by atoms with E-state index < -0.39 is 6.10 Å². The van der Waals surface area contributed by atoms with Gasteiger partial charge in [0, 0.05) is 6.04 Å². The first kappa shape index (κ1) is 13.2. The number of nitrogens with two attached hydrogens (primary N) is 1. The molecule has 1 heterocycles. The van der Waals surface area contributed by atoms with E-state index in [2.05, 4.69) is 18.7 Å². The quantitative estimate of drug-likeness (QED) is 0.853. The highest BCUT2D eigenvalue weighted by atomic mass is 16.5. The number of fused-ring (bicyclic) bond motifs is 1. The molecule has 0 bridgehead atoms. The summed E-state index contributed by atoms with van der Waals surface area (Å²) in [7, 11) is 0. The van der Waals surface area contributed by atoms with Gasteiger partial charge in [0.05, 0.1) is 18.3 Å². The maximum atomic E-state index is 10.0. The van der Waals surface area contributed by atoms with Crippen molar-refractivity contribution in [2.75, 3.05) is 24.6 Å². The van der Waals surface area contributed by atoms with Crippen molar-refractivity contribution in [2.45, 2.75) is 32.4 Å². The Morgan fingerprint density at radius 2 is 2.22 bits per heavy atom. The Labute approximate surface area is 108 Å². The highest BCUT2D eigenvalue weighted by Gasteiger charge is 2.21. The van der Waals surface area contributed by atoms with Gasteiger partial charge in [-0.3, -0.25) is 0 Å². The molecule has 1 unspecified atom stereocenters. The third kappa shape index (κ3) is 2.60. The molecule has 2 rings (SSSR count). The zero-order chi connectivity index (χ0) is 13.1. The molecule has 1 aromatic carbocycles. The minimum atomic E-state index is -0.490. The van der Waals surface area contributed by atoms with E-state index in [9.17, 15) is 5.11 Å². The Bertz CT molecular complexity index is 407. The summed E-state index contributed by atoms with van der Waals surface area (Å²) in [6, 6.07) is 6.31. The molecule has 4 nitrogen and oxygen atoms in total. The Hall–Kier alpha value is -1.26. The van der Waals surface area contributed by atoms with Gasteiger partial charge in [0.15, 0.2) is 0 Å². The first-order valence-electron chi connectivity index (χ1n) is 6.55. The smallest absolute Gasteiger partial charge is 0.142 e. The van der Waals surface area contributed by atoms with Gasteiger partial charge in [0.1, 0.15) is 12.4 Å². The molecule has 1 aliphatic rings. The molecule has 0 saturated heterocycles. The lowest BCUT2D eigenvalue weighted by Crippen LogP contribution is -2.38. The summed E-state index contributed by atoms with van der Waals surface area (Å²) in [6.45, 7) is 6.43. The van der Waals surface area contributed by atoms with Gasteiger partial charge in [0.2, 0.25) is 0 Å². The summed E-state index contributed by atoms with van der Waals surface area (Å²) in [5.74, 6) is 0.902. The number of aliphatic hydroxyl groups is 1. The molecule has 18 heavy (non-hydrogen) atoms. The van der Waals surface area contributed by atoms with Gasteiger partial charge >= 0.3 is 0 Å². The van der Waals surface area contributed by atoms with Crippen LogP contribution in [-0.4, -0.2) is 30.8 Å². The van der Waals surface area contributed by atoms with E-state index in [0.29, 0.717) is 19.0 Å². The first-order chi connectivity index (χ1) is 8.63. The van der Waals surface area contributed by atoms with E-state index in [0.717, 1.165) is 30.2 Å². The van der Waals surface area contributed by atoms with E-state index in [1.54, 1.807) is 0 Å². The minimum Gasteiger partial charge on any atom is -0.490 e. The first-order valence-corrected chi connectivity index (χ1v) is 6.55. The van der Waals surface area contributed by atoms with E-state index in [1.165, 1.54) is 0 Å². The van der Waals surface area contributed by atoms with Gasteiger partial charge in [-0.2, -0.15) is 0 Å². The van der Waals surface area contributed by atoms with Crippen molar-refractivity contribution < 1.29 is 9.84 Å². The lowest BCUT2D eigenvalue weighted by Gasteiger charge is -2.35. The summed E-state index contributed by atoms with van der Waals surface area (Å²) >= 11 is 0. The number of benzene rings is 1. The standard InChI is InChI=1S/C14H22N2O2/c1-10(2)16-7-8-18-14-4-3-11(9-12(14)16)13(17)5-6-15/h3-4,9-10,13,17H,5-8,15H2,1-2H3. The second-order valence-corrected chi connectivity index (χ2v) is 4.96. The Balaban J connectivity index is 2.30. The average molecular weight is 250 g/mol. The van der Waals surface area contributed by atoms with Crippen molar-refractivity contribution in [2.24, 2.45) is 5.73 Å². The van der Waals surface area contributed by atoms with E-state index in [-0.39, 0.29) is 0 Å². The molecule has 1 aliphatic heterocycles. The molecule has 1 atom stereocenters. The maximum Gasteiger partial charge on any atom is 0.142 e. The lowest BCUT2D eigenvalue weighted by atomic mass is 10.0. The normalized spacial score (nSPS) is 16.4. The number of anilines is 1. The average Bonchev–Trinajstić information content (AvgIpc) is 2.37. The molecule has 0 radical (unpaired) electrons. The molecule has 0 aromatic heterocycles. The molecule has 3 N–H and O–H groups in total. The largest absolute Gasteiger partial charge is 0.490 e. The van der Waals surface area contributed by atoms with Crippen molar-refractivity contribution in [1.29, 1.82) is 0 Å². The van der Waals surface area contributed by atoms with Gasteiger partial charge in [-0.15, -0.1) is 0 Å². The number of rotatable bonds is 4. The fourth-order valence-electron chi connectivity index (χ4n) is 2.32. The van der Waals surface area contributed by atoms with Crippen LogP contribution in [0.15, 0.2) is 18.2 Å². The molecule has 100 valence electrons. The van der Waals surface area contributed by atoms with Crippen LogP contribution in [0.25, 0.3) is 0 Å². The van der Waals surface area contributed by atoms with Gasteiger partial charge in [-0.05, 0) is 44.5 Å². The fourth-order valence-corrected chi connectivity index (χ4v) is 2.32. The van der Waals surface area contributed by atoms with Crippen LogP contribution in [0.2, 0.25) is 0 Å². The van der Waals surface area contributed by atoms with Gasteiger partial charge in [-0.25, -0.2) is 0 Å². The van der Waals surface area contributed by atoms with E-state index >= 15 is 0 Å². The summed E-state index contributed by atoms with van der Waals surface area (Å²) in [5, 5.41) is 10.0. The SMILES string of the molecule is CC(C)N1CCOc2ccc(C(O)CCN)cc21. The van der Waals surface area contributed by atoms with Gasteiger partial charge < -0.3 is 20.5 Å². The predicted octanol–water partition coefficient (Wildman–Crippen LogP) is 1.68. The molecule has 0 fully saturated rings. The summed E-state index contributed by atoms with van der Waals surface area (Å²) < 4.78 is 5.65. The summed E-state index contributed by atoms with van der Waals surface area (Å²) in [6.07, 6.45) is 0.0951. The molecule has 1 aromatic rings. The molecular weight excluding hydrogens is 228 g/mol. The Kier molecular flexibility index (Phi) is 4.09. The molecular formula is C14H22N2O2. The second-order valence-electron chi connectivity index (χ2n) is 4.96. The third-order valence-corrected chi connectivity index (χ3v) is 3.33. The lowest BCUT2D eigenvalue weighted by molar-refractivity contribution is 0.170. The molecule has 0 aliphatic carbocycles. The van der Waals surface area contributed by atoms with Crippen molar-refractivity contribution in [3.8, 4) is 5.75 Å². The van der Waals surface area contributed by atoms with Crippen molar-refractivity contribution in [1.82, 2.24) is 0 Å². The van der Waals surface area contributed by atoms with E-state index in [1.807, 2.05) is 18.2 Å². The van der Waals surface area contributed by atoms with Crippen LogP contribution in [-0.2, 0) is 0 Å². The number of hydrogen-bond acceptors (Lipinski definition) is 4. The maximum absolute atomic E-state index is 10.0. The van der Waals surface area contributed by atoms with E-state index in [4.69, 9.17) is 10.5 Å². The van der Waals surface area contributed by atoms with Crippen molar-refractivity contribution in [3.05, 3.63) is 23.8 Å². The van der Waals surface area contributed by atoms with Crippen molar-refractivity contribution in [3.63, 3.8) is 0 Å². The number of ether oxygens (including phenoxy) is 1. The molecule has 0 spiro atoms. The third-order valence-electron chi connectivity index (χ3n) is 3.33. The highest BCUT2D eigenvalue weighted by molar-refractivity contribution is 5.62. The van der Waals surface area contributed by atoms with Gasteiger partial charge in [0.25, 0.3) is 0 Å². The molecule has 4 heteroatoms. The number of nitrogens with zero attached hydrogens (tertiary/aromatic N) is 1. The Morgan fingerprint density at radius 3 is 2.89 bits per heavy atom. The van der Waals surface area contributed by atoms with Crippen LogP contribution in [0.3, 0.4) is 0 Å². The fraction of sp³-hybridized carbons (Fsp3) is 0.571. The van der Waals surface area contributed by atoms with Crippen LogP contribution < -0.4 is 15.4 Å². The zero-order valence-corrected chi connectivity index (χ0v) is 11.1. The van der Waals surface area contributed by atoms with Crippen LogP contribution in [0.4, 0.5) is 5.69 Å². The summed E-state index contributed by atoms with van der Waals surface area (Å²) in [4.78, 5) is 2.30. The number of hydrogen-bond donors (Lipinski definition) is 2. The monoisotopic (exact) mass is 250 g/mol.